The highest BCUT2D eigenvalue weighted by Gasteiger charge is 2.03. The number of rotatable bonds is 10. The van der Waals surface area contributed by atoms with Crippen LogP contribution < -0.4 is 15.5 Å². The van der Waals surface area contributed by atoms with E-state index < -0.39 is 0 Å². The minimum atomic E-state index is 0.578. The molecule has 0 saturated heterocycles. The molecule has 2 aromatic rings. The molecule has 0 unspecified atom stereocenters. The molecule has 1 aromatic carbocycles. The van der Waals surface area contributed by atoms with Crippen LogP contribution >= 0.6 is 0 Å². The van der Waals surface area contributed by atoms with E-state index in [-0.39, 0.29) is 0 Å². The number of nitrogens with zero attached hydrogens (tertiary/aromatic N) is 2. The van der Waals surface area contributed by atoms with Gasteiger partial charge in [-0.1, -0.05) is 36.8 Å². The van der Waals surface area contributed by atoms with Crippen LogP contribution in [0.3, 0.4) is 0 Å². The molecule has 0 spiro atoms. The predicted molar refractivity (Wildman–Crippen MR) is 114 cm³/mol. The van der Waals surface area contributed by atoms with E-state index in [9.17, 15) is 0 Å². The van der Waals surface area contributed by atoms with Crippen molar-refractivity contribution in [2.24, 2.45) is 5.10 Å². The van der Waals surface area contributed by atoms with E-state index in [2.05, 4.69) is 58.6 Å². The van der Waals surface area contributed by atoms with Crippen LogP contribution in [-0.4, -0.2) is 24.4 Å². The SMILES string of the molecule is CC#CCCCOc1cc(NCCC)cc(N/N=C/c2cccc(C)c2)n1. The van der Waals surface area contributed by atoms with Gasteiger partial charge in [0.05, 0.1) is 12.8 Å². The molecule has 2 rings (SSSR count). The number of ether oxygens (including phenoxy) is 1. The van der Waals surface area contributed by atoms with Gasteiger partial charge in [-0.15, -0.1) is 11.8 Å². The highest BCUT2D eigenvalue weighted by atomic mass is 16.5. The maximum atomic E-state index is 5.78. The number of anilines is 2. The zero-order valence-electron chi connectivity index (χ0n) is 16.4. The normalized spacial score (nSPS) is 10.3. The molecular weight excluding hydrogens is 336 g/mol. The lowest BCUT2D eigenvalue weighted by Crippen LogP contribution is -2.05. The summed E-state index contributed by atoms with van der Waals surface area (Å²) in [6, 6.07) is 12.0. The average Bonchev–Trinajstić information content (AvgIpc) is 2.66. The summed E-state index contributed by atoms with van der Waals surface area (Å²) in [5.74, 6) is 7.15. The molecular formula is C22H28N4O. The van der Waals surface area contributed by atoms with Gasteiger partial charge in [-0.25, -0.2) is 0 Å². The maximum absolute atomic E-state index is 5.78. The van der Waals surface area contributed by atoms with Gasteiger partial charge in [0.2, 0.25) is 5.88 Å². The fourth-order valence-electron chi connectivity index (χ4n) is 2.39. The second kappa shape index (κ2) is 11.6. The first-order chi connectivity index (χ1) is 13.2. The fourth-order valence-corrected chi connectivity index (χ4v) is 2.39. The molecule has 27 heavy (non-hydrogen) atoms. The van der Waals surface area contributed by atoms with Gasteiger partial charge in [0.25, 0.3) is 0 Å². The first-order valence-electron chi connectivity index (χ1n) is 9.35. The molecule has 0 aliphatic rings. The minimum absolute atomic E-state index is 0.578. The van der Waals surface area contributed by atoms with Crippen LogP contribution in [0.15, 0.2) is 41.5 Å². The van der Waals surface area contributed by atoms with Gasteiger partial charge in [-0.05, 0) is 32.3 Å². The van der Waals surface area contributed by atoms with Gasteiger partial charge in [0.15, 0.2) is 5.82 Å². The third-order valence-corrected chi connectivity index (χ3v) is 3.69. The number of hydrazone groups is 1. The monoisotopic (exact) mass is 364 g/mol. The molecule has 0 aliphatic heterocycles. The van der Waals surface area contributed by atoms with Crippen LogP contribution in [0.1, 0.15) is 44.2 Å². The molecule has 1 aromatic heterocycles. The first-order valence-corrected chi connectivity index (χ1v) is 9.35. The molecule has 0 bridgehead atoms. The van der Waals surface area contributed by atoms with E-state index in [0.717, 1.165) is 37.1 Å². The predicted octanol–water partition coefficient (Wildman–Crippen LogP) is 4.84. The molecule has 0 saturated carbocycles. The maximum Gasteiger partial charge on any atom is 0.217 e. The Morgan fingerprint density at radius 3 is 2.93 bits per heavy atom. The Hall–Kier alpha value is -3.00. The number of aryl methyl sites for hydroxylation is 1. The quantitative estimate of drug-likeness (QED) is 0.274. The first kappa shape index (κ1) is 20.3. The molecule has 0 amide bonds. The summed E-state index contributed by atoms with van der Waals surface area (Å²) in [5.41, 5.74) is 6.20. The van der Waals surface area contributed by atoms with Crippen LogP contribution in [0.5, 0.6) is 5.88 Å². The van der Waals surface area contributed by atoms with Crippen molar-refractivity contribution in [2.45, 2.75) is 40.0 Å². The summed E-state index contributed by atoms with van der Waals surface area (Å²) in [4.78, 5) is 4.48. The van der Waals surface area contributed by atoms with Crippen molar-refractivity contribution in [3.8, 4) is 17.7 Å². The molecule has 0 fully saturated rings. The summed E-state index contributed by atoms with van der Waals surface area (Å²) in [7, 11) is 0. The summed E-state index contributed by atoms with van der Waals surface area (Å²) in [5, 5.41) is 7.66. The number of nitrogens with one attached hydrogen (secondary N) is 2. The van der Waals surface area contributed by atoms with E-state index in [0.29, 0.717) is 18.3 Å². The third kappa shape index (κ3) is 7.83. The highest BCUT2D eigenvalue weighted by molar-refractivity contribution is 5.80. The van der Waals surface area contributed by atoms with Gasteiger partial charge >= 0.3 is 0 Å². The smallest absolute Gasteiger partial charge is 0.217 e. The Labute approximate surface area is 162 Å². The van der Waals surface area contributed by atoms with E-state index in [1.54, 1.807) is 6.21 Å². The number of aromatic nitrogens is 1. The number of pyridine rings is 1. The third-order valence-electron chi connectivity index (χ3n) is 3.69. The van der Waals surface area contributed by atoms with Crippen LogP contribution in [-0.2, 0) is 0 Å². The van der Waals surface area contributed by atoms with Crippen LogP contribution in [0, 0.1) is 18.8 Å². The van der Waals surface area contributed by atoms with Crippen LogP contribution in [0.2, 0.25) is 0 Å². The molecule has 5 nitrogen and oxygen atoms in total. The molecule has 1 heterocycles. The summed E-state index contributed by atoms with van der Waals surface area (Å²) in [6.45, 7) is 7.52. The van der Waals surface area contributed by atoms with Crippen molar-refractivity contribution < 1.29 is 4.74 Å². The molecule has 0 radical (unpaired) electrons. The second-order valence-electron chi connectivity index (χ2n) is 6.17. The number of unbranched alkanes of at least 4 members (excludes halogenated alkanes) is 1. The van der Waals surface area contributed by atoms with E-state index >= 15 is 0 Å². The number of benzene rings is 1. The Bertz CT molecular complexity index is 805. The second-order valence-corrected chi connectivity index (χ2v) is 6.17. The van der Waals surface area contributed by atoms with Crippen molar-refractivity contribution in [2.75, 3.05) is 23.9 Å². The average molecular weight is 364 g/mol. The van der Waals surface area contributed by atoms with Crippen molar-refractivity contribution >= 4 is 17.7 Å². The van der Waals surface area contributed by atoms with Gasteiger partial charge in [-0.3, -0.25) is 5.43 Å². The Balaban J connectivity index is 2.03. The van der Waals surface area contributed by atoms with Crippen molar-refractivity contribution in [1.29, 1.82) is 0 Å². The van der Waals surface area contributed by atoms with E-state index in [1.807, 2.05) is 31.2 Å². The summed E-state index contributed by atoms with van der Waals surface area (Å²) >= 11 is 0. The zero-order valence-corrected chi connectivity index (χ0v) is 16.4. The minimum Gasteiger partial charge on any atom is -0.478 e. The van der Waals surface area contributed by atoms with Gasteiger partial charge in [0, 0.05) is 30.8 Å². The lowest BCUT2D eigenvalue weighted by molar-refractivity contribution is 0.301. The highest BCUT2D eigenvalue weighted by Crippen LogP contribution is 2.21. The summed E-state index contributed by atoms with van der Waals surface area (Å²) in [6.07, 6.45) is 4.53. The lowest BCUT2D eigenvalue weighted by Gasteiger charge is -2.11. The van der Waals surface area contributed by atoms with Crippen LogP contribution in [0.4, 0.5) is 11.5 Å². The van der Waals surface area contributed by atoms with Crippen molar-refractivity contribution in [3.05, 3.63) is 47.5 Å². The topological polar surface area (TPSA) is 58.5 Å². The molecule has 0 atom stereocenters. The Morgan fingerprint density at radius 2 is 2.15 bits per heavy atom. The van der Waals surface area contributed by atoms with Gasteiger partial charge < -0.3 is 10.1 Å². The molecule has 2 N–H and O–H groups in total. The van der Waals surface area contributed by atoms with Crippen LogP contribution in [0.25, 0.3) is 0 Å². The lowest BCUT2D eigenvalue weighted by atomic mass is 10.2. The van der Waals surface area contributed by atoms with E-state index in [4.69, 9.17) is 4.74 Å². The van der Waals surface area contributed by atoms with Gasteiger partial charge in [0.1, 0.15) is 0 Å². The number of hydrogen-bond donors (Lipinski definition) is 2. The Morgan fingerprint density at radius 1 is 1.26 bits per heavy atom. The number of hydrogen-bond acceptors (Lipinski definition) is 5. The standard InChI is InChI=1S/C22H28N4O/c1-4-6-7-8-13-27-22-16-20(23-12-5-2)15-21(25-22)26-24-17-19-11-9-10-18(3)14-19/h9-11,14-17H,5,7-8,12-13H2,1-3H3,(H2,23,25,26)/b24-17+. The largest absolute Gasteiger partial charge is 0.478 e. The van der Waals surface area contributed by atoms with Gasteiger partial charge in [-0.2, -0.15) is 10.1 Å². The Kier molecular flexibility index (Phi) is 8.72. The van der Waals surface area contributed by atoms with E-state index in [1.165, 1.54) is 5.56 Å². The van der Waals surface area contributed by atoms with Crippen molar-refractivity contribution in [3.63, 3.8) is 0 Å². The van der Waals surface area contributed by atoms with Crippen molar-refractivity contribution in [1.82, 2.24) is 4.98 Å². The molecule has 5 heteroatoms. The molecule has 0 aliphatic carbocycles. The molecule has 142 valence electrons. The fraction of sp³-hybridized carbons (Fsp3) is 0.364. The zero-order chi connectivity index (χ0) is 19.3. The summed E-state index contributed by atoms with van der Waals surface area (Å²) < 4.78 is 5.78.